The van der Waals surface area contributed by atoms with Crippen molar-refractivity contribution < 1.29 is 29.7 Å². The number of rotatable bonds is 14. The van der Waals surface area contributed by atoms with Gasteiger partial charge < -0.3 is 30.4 Å². The molecule has 0 bridgehead atoms. The summed E-state index contributed by atoms with van der Waals surface area (Å²) < 4.78 is 5.66. The zero-order valence-corrected chi connectivity index (χ0v) is 17.7. The average molecular weight is 432 g/mol. The number of amides is 1. The SMILES string of the molecule is Cc1cc(OCC(O)CNCCNC(=O)CSCCO[N+](=O)[O-])c(C)c(C)c1O. The minimum atomic E-state index is -0.861. The van der Waals surface area contributed by atoms with E-state index in [0.717, 1.165) is 16.7 Å². The monoisotopic (exact) mass is 431 g/mol. The van der Waals surface area contributed by atoms with E-state index in [1.807, 2.05) is 13.8 Å². The highest BCUT2D eigenvalue weighted by molar-refractivity contribution is 7.99. The minimum absolute atomic E-state index is 0.0464. The molecule has 0 aliphatic carbocycles. The first-order valence-electron chi connectivity index (χ1n) is 9.15. The number of nitrogens with zero attached hydrogens (tertiary/aromatic N) is 1. The maximum absolute atomic E-state index is 11.6. The standard InChI is InChI=1S/C18H29N3O7S/c1-12-8-16(13(2)14(3)18(12)24)27-10-15(22)9-19-4-5-20-17(23)11-29-7-6-28-21(25)26/h8,15,19,22,24H,4-7,9-11H2,1-3H3,(H,20,23). The number of thioether (sulfide) groups is 1. The molecule has 0 saturated heterocycles. The summed E-state index contributed by atoms with van der Waals surface area (Å²) in [6, 6.07) is 1.74. The average Bonchev–Trinajstić information content (AvgIpc) is 2.67. The van der Waals surface area contributed by atoms with Gasteiger partial charge in [0.25, 0.3) is 5.09 Å². The molecule has 0 aromatic heterocycles. The Morgan fingerprint density at radius 1 is 1.31 bits per heavy atom. The fraction of sp³-hybridized carbons (Fsp3) is 0.611. The van der Waals surface area contributed by atoms with Crippen molar-refractivity contribution in [2.45, 2.75) is 26.9 Å². The molecule has 0 spiro atoms. The van der Waals surface area contributed by atoms with Gasteiger partial charge in [0.15, 0.2) is 0 Å². The Kier molecular flexibility index (Phi) is 11.2. The second-order valence-corrected chi connectivity index (χ2v) is 7.52. The molecule has 10 nitrogen and oxygen atoms in total. The van der Waals surface area contributed by atoms with Gasteiger partial charge in [-0.1, -0.05) is 0 Å². The molecule has 11 heteroatoms. The van der Waals surface area contributed by atoms with Crippen molar-refractivity contribution in [1.82, 2.24) is 10.6 Å². The summed E-state index contributed by atoms with van der Waals surface area (Å²) in [5, 5.41) is 34.8. The summed E-state index contributed by atoms with van der Waals surface area (Å²) in [6.07, 6.45) is -0.725. The Labute approximate surface area is 174 Å². The molecule has 1 aromatic rings. The number of phenols is 1. The number of phenolic OH excluding ortho intramolecular Hbond substituents is 1. The molecule has 0 heterocycles. The van der Waals surface area contributed by atoms with Gasteiger partial charge >= 0.3 is 0 Å². The third-order valence-corrected chi connectivity index (χ3v) is 5.02. The van der Waals surface area contributed by atoms with E-state index in [-0.39, 0.29) is 30.6 Å². The molecule has 0 saturated carbocycles. The molecular formula is C18H29N3O7S. The normalized spacial score (nSPS) is 11.7. The van der Waals surface area contributed by atoms with Crippen LogP contribution in [0.4, 0.5) is 0 Å². The van der Waals surface area contributed by atoms with Gasteiger partial charge in [-0.3, -0.25) is 4.79 Å². The highest BCUT2D eigenvalue weighted by Gasteiger charge is 2.12. The van der Waals surface area contributed by atoms with Gasteiger partial charge in [-0.05, 0) is 43.5 Å². The number of ether oxygens (including phenoxy) is 1. The van der Waals surface area contributed by atoms with Crippen molar-refractivity contribution in [2.24, 2.45) is 0 Å². The maximum atomic E-state index is 11.6. The molecule has 0 radical (unpaired) electrons. The zero-order valence-electron chi connectivity index (χ0n) is 16.9. The van der Waals surface area contributed by atoms with Crippen molar-refractivity contribution in [3.8, 4) is 11.5 Å². The molecule has 1 rings (SSSR count). The molecule has 0 fully saturated rings. The zero-order chi connectivity index (χ0) is 21.8. The minimum Gasteiger partial charge on any atom is -0.507 e. The van der Waals surface area contributed by atoms with E-state index >= 15 is 0 Å². The number of nitrogens with one attached hydrogen (secondary N) is 2. The van der Waals surface area contributed by atoms with E-state index in [1.165, 1.54) is 11.8 Å². The summed E-state index contributed by atoms with van der Waals surface area (Å²) in [5.74, 6) is 1.27. The van der Waals surface area contributed by atoms with Crippen LogP contribution in [0.25, 0.3) is 0 Å². The third kappa shape index (κ3) is 9.68. The van der Waals surface area contributed by atoms with Crippen LogP contribution >= 0.6 is 11.8 Å². The van der Waals surface area contributed by atoms with E-state index in [0.29, 0.717) is 31.1 Å². The fourth-order valence-corrected chi connectivity index (χ4v) is 3.00. The van der Waals surface area contributed by atoms with E-state index in [4.69, 9.17) is 4.74 Å². The van der Waals surface area contributed by atoms with Crippen LogP contribution in [0.1, 0.15) is 16.7 Å². The van der Waals surface area contributed by atoms with Gasteiger partial charge in [0, 0.05) is 25.4 Å². The van der Waals surface area contributed by atoms with Crippen molar-refractivity contribution in [2.75, 3.05) is 44.4 Å². The summed E-state index contributed by atoms with van der Waals surface area (Å²) >= 11 is 1.25. The van der Waals surface area contributed by atoms with Crippen LogP contribution in [0.15, 0.2) is 6.07 Å². The number of hydrogen-bond acceptors (Lipinski definition) is 9. The van der Waals surface area contributed by atoms with Crippen LogP contribution in [-0.4, -0.2) is 71.7 Å². The number of hydrogen-bond donors (Lipinski definition) is 4. The topological polar surface area (TPSA) is 143 Å². The van der Waals surface area contributed by atoms with Crippen LogP contribution < -0.4 is 15.4 Å². The molecule has 1 amide bonds. The van der Waals surface area contributed by atoms with Crippen LogP contribution in [0.2, 0.25) is 0 Å². The molecule has 1 atom stereocenters. The molecule has 29 heavy (non-hydrogen) atoms. The Morgan fingerprint density at radius 2 is 2.03 bits per heavy atom. The number of aliphatic hydroxyl groups excluding tert-OH is 1. The van der Waals surface area contributed by atoms with Crippen molar-refractivity contribution in [3.05, 3.63) is 32.9 Å². The van der Waals surface area contributed by atoms with Crippen molar-refractivity contribution in [3.63, 3.8) is 0 Å². The molecule has 164 valence electrons. The Bertz CT molecular complexity index is 688. The lowest BCUT2D eigenvalue weighted by Crippen LogP contribution is -2.37. The molecule has 1 unspecified atom stereocenters. The number of benzene rings is 1. The predicted molar refractivity (Wildman–Crippen MR) is 110 cm³/mol. The summed E-state index contributed by atoms with van der Waals surface area (Å²) in [5.41, 5.74) is 2.31. The first-order valence-corrected chi connectivity index (χ1v) is 10.3. The highest BCUT2D eigenvalue weighted by Crippen LogP contribution is 2.31. The van der Waals surface area contributed by atoms with Gasteiger partial charge in [-0.2, -0.15) is 11.8 Å². The van der Waals surface area contributed by atoms with E-state index in [2.05, 4.69) is 15.5 Å². The van der Waals surface area contributed by atoms with Gasteiger partial charge in [0.05, 0.1) is 5.75 Å². The number of carbonyl (C=O) groups is 1. The second kappa shape index (κ2) is 13.1. The Morgan fingerprint density at radius 3 is 2.72 bits per heavy atom. The molecule has 4 N–H and O–H groups in total. The summed E-state index contributed by atoms with van der Waals surface area (Å²) in [6.45, 7) is 6.70. The van der Waals surface area contributed by atoms with Crippen LogP contribution in [-0.2, 0) is 9.63 Å². The van der Waals surface area contributed by atoms with Crippen molar-refractivity contribution >= 4 is 17.7 Å². The van der Waals surface area contributed by atoms with Gasteiger partial charge in [0.1, 0.15) is 30.8 Å². The predicted octanol–water partition coefficient (Wildman–Crippen LogP) is 0.704. The van der Waals surface area contributed by atoms with Crippen molar-refractivity contribution in [1.29, 1.82) is 0 Å². The first kappa shape index (κ1) is 24.8. The van der Waals surface area contributed by atoms with Gasteiger partial charge in [-0.15, -0.1) is 10.1 Å². The highest BCUT2D eigenvalue weighted by atomic mass is 32.2. The van der Waals surface area contributed by atoms with Gasteiger partial charge in [0.2, 0.25) is 5.91 Å². The lowest BCUT2D eigenvalue weighted by atomic mass is 10.0. The molecule has 0 aliphatic rings. The molecule has 0 aliphatic heterocycles. The lowest BCUT2D eigenvalue weighted by Gasteiger charge is -2.17. The van der Waals surface area contributed by atoms with E-state index in [9.17, 15) is 25.1 Å². The smallest absolute Gasteiger partial charge is 0.294 e. The van der Waals surface area contributed by atoms with Crippen LogP contribution in [0.5, 0.6) is 11.5 Å². The second-order valence-electron chi connectivity index (χ2n) is 6.42. The number of carbonyl (C=O) groups excluding carboxylic acids is 1. The van der Waals surface area contributed by atoms with E-state index < -0.39 is 11.2 Å². The largest absolute Gasteiger partial charge is 0.507 e. The number of aromatic hydroxyl groups is 1. The molecular weight excluding hydrogens is 402 g/mol. The quantitative estimate of drug-likeness (QED) is 0.190. The van der Waals surface area contributed by atoms with E-state index in [1.54, 1.807) is 13.0 Å². The Hall–Kier alpha value is -2.24. The molecule has 1 aromatic carbocycles. The fourth-order valence-electron chi connectivity index (χ4n) is 2.37. The maximum Gasteiger partial charge on any atom is 0.294 e. The summed E-state index contributed by atoms with van der Waals surface area (Å²) in [7, 11) is 0. The van der Waals surface area contributed by atoms with Crippen LogP contribution in [0, 0.1) is 30.9 Å². The Balaban J connectivity index is 2.13. The van der Waals surface area contributed by atoms with Gasteiger partial charge in [-0.25, -0.2) is 0 Å². The third-order valence-electron chi connectivity index (χ3n) is 4.10. The summed E-state index contributed by atoms with van der Waals surface area (Å²) in [4.78, 5) is 25.7. The first-order chi connectivity index (χ1) is 13.7. The number of aliphatic hydroxyl groups is 1. The van der Waals surface area contributed by atoms with Crippen LogP contribution in [0.3, 0.4) is 0 Å². The lowest BCUT2D eigenvalue weighted by molar-refractivity contribution is -0.756. The number of aryl methyl sites for hydroxylation is 1.